The van der Waals surface area contributed by atoms with E-state index in [1.165, 1.54) is 24.8 Å². The molecule has 1 rings (SSSR count). The largest absolute Gasteiger partial charge is 0.330 e. The second-order valence-electron chi connectivity index (χ2n) is 4.62. The molecule has 0 spiro atoms. The van der Waals surface area contributed by atoms with Crippen LogP contribution in [0.1, 0.15) is 31.2 Å². The van der Waals surface area contributed by atoms with Gasteiger partial charge < -0.3 is 16.4 Å². The average Bonchev–Trinajstić information content (AvgIpc) is 2.42. The number of benzene rings is 1. The minimum absolute atomic E-state index is 0. The molecule has 0 aromatic heterocycles. The third-order valence-corrected chi connectivity index (χ3v) is 2.94. The molecule has 0 saturated heterocycles. The minimum Gasteiger partial charge on any atom is -0.330 e. The van der Waals surface area contributed by atoms with Crippen molar-refractivity contribution in [2.75, 3.05) is 26.2 Å². The SMILES string of the molecule is Cl.NCCCCNCCCCNCc1ccccc1. The maximum absolute atomic E-state index is 5.44. The predicted molar refractivity (Wildman–Crippen MR) is 85.8 cm³/mol. The Labute approximate surface area is 123 Å². The van der Waals surface area contributed by atoms with Crippen LogP contribution in [0.2, 0.25) is 0 Å². The molecular weight excluding hydrogens is 258 g/mol. The van der Waals surface area contributed by atoms with Gasteiger partial charge in [-0.1, -0.05) is 30.3 Å². The maximum Gasteiger partial charge on any atom is 0.0205 e. The summed E-state index contributed by atoms with van der Waals surface area (Å²) >= 11 is 0. The van der Waals surface area contributed by atoms with Crippen molar-refractivity contribution >= 4 is 12.4 Å². The van der Waals surface area contributed by atoms with E-state index < -0.39 is 0 Å². The first-order valence-electron chi connectivity index (χ1n) is 7.09. The molecule has 0 heterocycles. The molecule has 0 amide bonds. The molecule has 1 aromatic rings. The first-order chi connectivity index (χ1) is 8.93. The summed E-state index contributed by atoms with van der Waals surface area (Å²) in [5, 5.41) is 6.91. The first-order valence-corrected chi connectivity index (χ1v) is 7.09. The third-order valence-electron chi connectivity index (χ3n) is 2.94. The number of rotatable bonds is 11. The molecule has 19 heavy (non-hydrogen) atoms. The van der Waals surface area contributed by atoms with E-state index in [9.17, 15) is 0 Å². The van der Waals surface area contributed by atoms with Gasteiger partial charge in [0.25, 0.3) is 0 Å². The van der Waals surface area contributed by atoms with E-state index in [4.69, 9.17) is 5.73 Å². The van der Waals surface area contributed by atoms with Gasteiger partial charge in [-0.15, -0.1) is 12.4 Å². The normalized spacial score (nSPS) is 10.2. The molecule has 0 fully saturated rings. The lowest BCUT2D eigenvalue weighted by atomic mass is 10.2. The molecule has 0 atom stereocenters. The van der Waals surface area contributed by atoms with Crippen molar-refractivity contribution in [1.82, 2.24) is 10.6 Å². The Morgan fingerprint density at radius 3 is 2.00 bits per heavy atom. The highest BCUT2D eigenvalue weighted by Crippen LogP contribution is 1.97. The van der Waals surface area contributed by atoms with Gasteiger partial charge in [0.1, 0.15) is 0 Å². The van der Waals surface area contributed by atoms with Crippen molar-refractivity contribution in [3.05, 3.63) is 35.9 Å². The van der Waals surface area contributed by atoms with Crippen LogP contribution in [-0.4, -0.2) is 26.2 Å². The topological polar surface area (TPSA) is 50.1 Å². The number of halogens is 1. The second kappa shape index (κ2) is 13.8. The molecule has 1 aromatic carbocycles. The zero-order valence-electron chi connectivity index (χ0n) is 11.7. The molecular formula is C15H28ClN3. The number of nitrogens with two attached hydrogens (primary N) is 1. The average molecular weight is 286 g/mol. The summed E-state index contributed by atoms with van der Waals surface area (Å²) < 4.78 is 0. The van der Waals surface area contributed by atoms with Gasteiger partial charge in [0.2, 0.25) is 0 Å². The Bertz CT molecular complexity index is 280. The van der Waals surface area contributed by atoms with Crippen molar-refractivity contribution in [2.24, 2.45) is 5.73 Å². The van der Waals surface area contributed by atoms with E-state index in [2.05, 4.69) is 41.0 Å². The van der Waals surface area contributed by atoms with E-state index >= 15 is 0 Å². The monoisotopic (exact) mass is 285 g/mol. The molecule has 0 radical (unpaired) electrons. The minimum atomic E-state index is 0. The third kappa shape index (κ3) is 11.0. The molecule has 0 aliphatic heterocycles. The molecule has 0 aliphatic rings. The molecule has 0 unspecified atom stereocenters. The zero-order valence-corrected chi connectivity index (χ0v) is 12.6. The van der Waals surface area contributed by atoms with E-state index in [1.807, 2.05) is 0 Å². The number of unbranched alkanes of at least 4 members (excludes halogenated alkanes) is 2. The summed E-state index contributed by atoms with van der Waals surface area (Å²) in [6.45, 7) is 5.11. The number of hydrogen-bond donors (Lipinski definition) is 3. The van der Waals surface area contributed by atoms with Crippen LogP contribution in [0.3, 0.4) is 0 Å². The first kappa shape index (κ1) is 18.4. The van der Waals surface area contributed by atoms with Crippen LogP contribution in [0.25, 0.3) is 0 Å². The highest BCUT2D eigenvalue weighted by molar-refractivity contribution is 5.85. The van der Waals surface area contributed by atoms with E-state index in [-0.39, 0.29) is 12.4 Å². The predicted octanol–water partition coefficient (Wildman–Crippen LogP) is 2.31. The second-order valence-corrected chi connectivity index (χ2v) is 4.62. The summed E-state index contributed by atoms with van der Waals surface area (Å²) in [4.78, 5) is 0. The summed E-state index contributed by atoms with van der Waals surface area (Å²) in [5.74, 6) is 0. The van der Waals surface area contributed by atoms with Crippen LogP contribution >= 0.6 is 12.4 Å². The fourth-order valence-electron chi connectivity index (χ4n) is 1.85. The van der Waals surface area contributed by atoms with Gasteiger partial charge in [-0.3, -0.25) is 0 Å². The Balaban J connectivity index is 0.00000324. The number of hydrogen-bond acceptors (Lipinski definition) is 3. The molecule has 4 heteroatoms. The van der Waals surface area contributed by atoms with Crippen LogP contribution in [0.5, 0.6) is 0 Å². The quantitative estimate of drug-likeness (QED) is 0.547. The van der Waals surface area contributed by atoms with Gasteiger partial charge in [0, 0.05) is 6.54 Å². The van der Waals surface area contributed by atoms with E-state index in [1.54, 1.807) is 0 Å². The van der Waals surface area contributed by atoms with E-state index in [0.717, 1.165) is 39.1 Å². The molecule has 0 saturated carbocycles. The van der Waals surface area contributed by atoms with Crippen LogP contribution < -0.4 is 16.4 Å². The van der Waals surface area contributed by atoms with Crippen LogP contribution in [0.15, 0.2) is 30.3 Å². The highest BCUT2D eigenvalue weighted by atomic mass is 35.5. The van der Waals surface area contributed by atoms with Crippen molar-refractivity contribution in [1.29, 1.82) is 0 Å². The van der Waals surface area contributed by atoms with Crippen molar-refractivity contribution in [2.45, 2.75) is 32.2 Å². The van der Waals surface area contributed by atoms with Crippen LogP contribution in [0, 0.1) is 0 Å². The van der Waals surface area contributed by atoms with Crippen molar-refractivity contribution in [3.8, 4) is 0 Å². The van der Waals surface area contributed by atoms with E-state index in [0.29, 0.717) is 0 Å². The van der Waals surface area contributed by atoms with Crippen molar-refractivity contribution < 1.29 is 0 Å². The molecule has 0 aliphatic carbocycles. The molecule has 110 valence electrons. The summed E-state index contributed by atoms with van der Waals surface area (Å²) in [6.07, 6.45) is 4.80. The standard InChI is InChI=1S/C15H27N3.ClH/c16-10-4-5-11-17-12-6-7-13-18-14-15-8-2-1-3-9-15;/h1-3,8-9,17-18H,4-7,10-14,16H2;1H. The molecule has 4 N–H and O–H groups in total. The van der Waals surface area contributed by atoms with Crippen LogP contribution in [-0.2, 0) is 6.54 Å². The summed E-state index contributed by atoms with van der Waals surface area (Å²) in [6, 6.07) is 10.5. The lowest BCUT2D eigenvalue weighted by molar-refractivity contribution is 0.568. The Kier molecular flexibility index (Phi) is 13.4. The Hall–Kier alpha value is -0.610. The van der Waals surface area contributed by atoms with Gasteiger partial charge in [0.05, 0.1) is 0 Å². The van der Waals surface area contributed by atoms with Gasteiger partial charge >= 0.3 is 0 Å². The lowest BCUT2D eigenvalue weighted by Crippen LogP contribution is -2.20. The maximum atomic E-state index is 5.44. The van der Waals surface area contributed by atoms with Gasteiger partial charge in [-0.2, -0.15) is 0 Å². The lowest BCUT2D eigenvalue weighted by Gasteiger charge is -2.06. The highest BCUT2D eigenvalue weighted by Gasteiger charge is 1.92. The van der Waals surface area contributed by atoms with Crippen molar-refractivity contribution in [3.63, 3.8) is 0 Å². The van der Waals surface area contributed by atoms with Gasteiger partial charge in [0.15, 0.2) is 0 Å². The van der Waals surface area contributed by atoms with Gasteiger partial charge in [-0.25, -0.2) is 0 Å². The summed E-state index contributed by atoms with van der Waals surface area (Å²) in [7, 11) is 0. The van der Waals surface area contributed by atoms with Gasteiger partial charge in [-0.05, 0) is 57.4 Å². The Morgan fingerprint density at radius 2 is 1.37 bits per heavy atom. The fourth-order valence-corrected chi connectivity index (χ4v) is 1.85. The smallest absolute Gasteiger partial charge is 0.0205 e. The van der Waals surface area contributed by atoms with Crippen LogP contribution in [0.4, 0.5) is 0 Å². The summed E-state index contributed by atoms with van der Waals surface area (Å²) in [5.41, 5.74) is 6.79. The fraction of sp³-hybridized carbons (Fsp3) is 0.600. The molecule has 3 nitrogen and oxygen atoms in total. The zero-order chi connectivity index (χ0) is 12.9. The number of nitrogens with one attached hydrogen (secondary N) is 2. The molecule has 0 bridgehead atoms. The Morgan fingerprint density at radius 1 is 0.789 bits per heavy atom.